The second kappa shape index (κ2) is 8.94. The molecule has 0 amide bonds. The predicted octanol–water partition coefficient (Wildman–Crippen LogP) is 4.10. The Labute approximate surface area is 186 Å². The molecule has 1 atom stereocenters. The van der Waals surface area contributed by atoms with Gasteiger partial charge in [-0.3, -0.25) is 5.10 Å². The lowest BCUT2D eigenvalue weighted by Crippen LogP contribution is -2.21. The van der Waals surface area contributed by atoms with Gasteiger partial charge in [-0.1, -0.05) is 6.07 Å². The summed E-state index contributed by atoms with van der Waals surface area (Å²) in [7, 11) is 1.58. The van der Waals surface area contributed by atoms with Crippen LogP contribution in [0.5, 0.6) is 23.1 Å². The van der Waals surface area contributed by atoms with Crippen molar-refractivity contribution in [2.75, 3.05) is 20.3 Å². The van der Waals surface area contributed by atoms with Crippen LogP contribution in [0.3, 0.4) is 0 Å². The van der Waals surface area contributed by atoms with E-state index in [1.165, 1.54) is 0 Å². The summed E-state index contributed by atoms with van der Waals surface area (Å²) in [6, 6.07) is 15.4. The lowest BCUT2D eigenvalue weighted by Gasteiger charge is -2.24. The SMILES string of the molecule is CCOc1ccc(-c2[nH]nc3c2[C@@H](c2ccc(OCC)c(OC)c2)C(C#N)=C(N)O3)cc1. The minimum absolute atomic E-state index is 0.0302. The van der Waals surface area contributed by atoms with Gasteiger partial charge in [-0.15, -0.1) is 5.10 Å². The maximum atomic E-state index is 9.91. The van der Waals surface area contributed by atoms with Crippen LogP contribution in [-0.4, -0.2) is 30.5 Å². The van der Waals surface area contributed by atoms with Crippen LogP contribution in [0.25, 0.3) is 11.3 Å². The molecule has 2 aromatic carbocycles. The smallest absolute Gasteiger partial charge is 0.244 e. The first-order valence-corrected chi connectivity index (χ1v) is 10.3. The molecule has 8 heteroatoms. The van der Waals surface area contributed by atoms with Gasteiger partial charge in [0.15, 0.2) is 11.5 Å². The van der Waals surface area contributed by atoms with Gasteiger partial charge in [-0.25, -0.2) is 0 Å². The number of aromatic amines is 1. The fraction of sp³-hybridized carbons (Fsp3) is 0.250. The normalized spacial score (nSPS) is 14.9. The molecule has 8 nitrogen and oxygen atoms in total. The monoisotopic (exact) mass is 432 g/mol. The summed E-state index contributed by atoms with van der Waals surface area (Å²) < 4.78 is 22.4. The molecular formula is C24H24N4O4. The van der Waals surface area contributed by atoms with Crippen molar-refractivity contribution in [3.8, 4) is 40.5 Å². The summed E-state index contributed by atoms with van der Waals surface area (Å²) in [6.07, 6.45) is 0. The maximum Gasteiger partial charge on any atom is 0.244 e. The topological polar surface area (TPSA) is 115 Å². The van der Waals surface area contributed by atoms with Crippen LogP contribution in [0, 0.1) is 11.3 Å². The molecule has 0 aliphatic carbocycles. The lowest BCUT2D eigenvalue weighted by molar-refractivity contribution is 0.310. The van der Waals surface area contributed by atoms with Gasteiger partial charge in [-0.05, 0) is 55.8 Å². The van der Waals surface area contributed by atoms with Gasteiger partial charge in [0.25, 0.3) is 0 Å². The van der Waals surface area contributed by atoms with Gasteiger partial charge in [0.1, 0.15) is 17.4 Å². The number of rotatable bonds is 7. The Kier molecular flexibility index (Phi) is 5.90. The third-order valence-corrected chi connectivity index (χ3v) is 5.21. The minimum atomic E-state index is -0.492. The van der Waals surface area contributed by atoms with E-state index >= 15 is 0 Å². The molecule has 0 radical (unpaired) electrons. The summed E-state index contributed by atoms with van der Waals surface area (Å²) in [5.41, 5.74) is 9.55. The number of nitrogens with one attached hydrogen (secondary N) is 1. The fourth-order valence-electron chi connectivity index (χ4n) is 3.82. The first kappa shape index (κ1) is 21.1. The standard InChI is InChI=1S/C24H24N4O4/c1-4-30-16-9-6-14(7-10-16)22-21-20(17(13-25)23(26)32-24(21)28-27-22)15-8-11-18(31-5-2)19(12-15)29-3/h6-12,20H,4-5,26H2,1-3H3,(H,27,28)/t20-/m0/s1. The number of nitriles is 1. The van der Waals surface area contributed by atoms with Crippen LogP contribution in [0.15, 0.2) is 53.9 Å². The van der Waals surface area contributed by atoms with E-state index in [2.05, 4.69) is 16.3 Å². The summed E-state index contributed by atoms with van der Waals surface area (Å²) in [5, 5.41) is 17.3. The Balaban J connectivity index is 1.85. The van der Waals surface area contributed by atoms with Crippen LogP contribution >= 0.6 is 0 Å². The molecule has 0 saturated heterocycles. The molecule has 4 rings (SSSR count). The number of allylic oxidation sites excluding steroid dienone is 1. The highest BCUT2D eigenvalue weighted by Gasteiger charge is 2.36. The van der Waals surface area contributed by atoms with Crippen LogP contribution < -0.4 is 24.7 Å². The molecule has 1 aliphatic heterocycles. The largest absolute Gasteiger partial charge is 0.494 e. The molecule has 3 N–H and O–H groups in total. The number of fused-ring (bicyclic) bond motifs is 1. The van der Waals surface area contributed by atoms with Gasteiger partial charge >= 0.3 is 0 Å². The van der Waals surface area contributed by atoms with Crippen LogP contribution in [-0.2, 0) is 0 Å². The highest BCUT2D eigenvalue weighted by Crippen LogP contribution is 2.47. The van der Waals surface area contributed by atoms with E-state index in [1.807, 2.05) is 56.3 Å². The van der Waals surface area contributed by atoms with Crippen molar-refractivity contribution in [3.63, 3.8) is 0 Å². The number of hydrogen-bond donors (Lipinski definition) is 2. The Morgan fingerprint density at radius 1 is 1.09 bits per heavy atom. The molecule has 1 aliphatic rings. The first-order valence-electron chi connectivity index (χ1n) is 10.3. The summed E-state index contributed by atoms with van der Waals surface area (Å²) >= 11 is 0. The summed E-state index contributed by atoms with van der Waals surface area (Å²) in [5.74, 6) is 1.84. The van der Waals surface area contributed by atoms with Crippen LogP contribution in [0.4, 0.5) is 0 Å². The summed E-state index contributed by atoms with van der Waals surface area (Å²) in [6.45, 7) is 4.94. The van der Waals surface area contributed by atoms with Crippen molar-refractivity contribution < 1.29 is 18.9 Å². The van der Waals surface area contributed by atoms with Gasteiger partial charge in [0.2, 0.25) is 11.8 Å². The second-order valence-corrected chi connectivity index (χ2v) is 7.04. The molecule has 3 aromatic rings. The van der Waals surface area contributed by atoms with E-state index in [0.717, 1.165) is 28.1 Å². The zero-order valence-electron chi connectivity index (χ0n) is 18.1. The molecular weight excluding hydrogens is 408 g/mol. The van der Waals surface area contributed by atoms with Crippen molar-refractivity contribution in [2.24, 2.45) is 5.73 Å². The molecule has 0 fully saturated rings. The summed E-state index contributed by atoms with van der Waals surface area (Å²) in [4.78, 5) is 0. The van der Waals surface area contributed by atoms with Crippen molar-refractivity contribution in [1.29, 1.82) is 5.26 Å². The number of hydrogen-bond acceptors (Lipinski definition) is 7. The molecule has 0 unspecified atom stereocenters. The minimum Gasteiger partial charge on any atom is -0.494 e. The van der Waals surface area contributed by atoms with Crippen molar-refractivity contribution >= 4 is 0 Å². The molecule has 0 saturated carbocycles. The number of ether oxygens (including phenoxy) is 4. The molecule has 32 heavy (non-hydrogen) atoms. The highest BCUT2D eigenvalue weighted by molar-refractivity contribution is 5.71. The van der Waals surface area contributed by atoms with E-state index in [0.29, 0.717) is 36.2 Å². The Bertz CT molecular complexity index is 1190. The molecule has 2 heterocycles. The van der Waals surface area contributed by atoms with Gasteiger partial charge in [0.05, 0.1) is 37.5 Å². The zero-order chi connectivity index (χ0) is 22.7. The number of aromatic nitrogens is 2. The van der Waals surface area contributed by atoms with E-state index in [4.69, 9.17) is 24.7 Å². The zero-order valence-corrected chi connectivity index (χ0v) is 18.1. The highest BCUT2D eigenvalue weighted by atomic mass is 16.5. The number of methoxy groups -OCH3 is 1. The average molecular weight is 432 g/mol. The average Bonchev–Trinajstić information content (AvgIpc) is 3.22. The van der Waals surface area contributed by atoms with Crippen LogP contribution in [0.2, 0.25) is 0 Å². The molecule has 1 aromatic heterocycles. The van der Waals surface area contributed by atoms with E-state index in [1.54, 1.807) is 7.11 Å². The number of H-pyrrole nitrogens is 1. The van der Waals surface area contributed by atoms with Crippen molar-refractivity contribution in [1.82, 2.24) is 10.2 Å². The molecule has 164 valence electrons. The number of nitrogens with two attached hydrogens (primary N) is 1. The van der Waals surface area contributed by atoms with Gasteiger partial charge in [-0.2, -0.15) is 5.26 Å². The third kappa shape index (κ3) is 3.69. The van der Waals surface area contributed by atoms with E-state index < -0.39 is 5.92 Å². The van der Waals surface area contributed by atoms with Gasteiger partial charge < -0.3 is 24.7 Å². The Morgan fingerprint density at radius 3 is 2.50 bits per heavy atom. The molecule has 0 bridgehead atoms. The van der Waals surface area contributed by atoms with Crippen molar-refractivity contribution in [2.45, 2.75) is 19.8 Å². The van der Waals surface area contributed by atoms with Crippen LogP contribution in [0.1, 0.15) is 30.9 Å². The number of benzene rings is 2. The Hall–Kier alpha value is -4.12. The third-order valence-electron chi connectivity index (χ3n) is 5.21. The van der Waals surface area contributed by atoms with E-state index in [-0.39, 0.29) is 5.88 Å². The quantitative estimate of drug-likeness (QED) is 0.577. The Morgan fingerprint density at radius 2 is 1.84 bits per heavy atom. The van der Waals surface area contributed by atoms with E-state index in [9.17, 15) is 5.26 Å². The molecule has 0 spiro atoms. The lowest BCUT2D eigenvalue weighted by atomic mass is 9.83. The predicted molar refractivity (Wildman–Crippen MR) is 119 cm³/mol. The maximum absolute atomic E-state index is 9.91. The second-order valence-electron chi connectivity index (χ2n) is 7.04. The first-order chi connectivity index (χ1) is 15.6. The van der Waals surface area contributed by atoms with Gasteiger partial charge in [0, 0.05) is 5.56 Å². The fourth-order valence-corrected chi connectivity index (χ4v) is 3.82. The number of nitrogens with zero attached hydrogens (tertiary/aromatic N) is 2. The van der Waals surface area contributed by atoms with Crippen molar-refractivity contribution in [3.05, 3.63) is 65.0 Å².